The fraction of sp³-hybridized carbons (Fsp3) is 0.0909. The Labute approximate surface area is 195 Å². The highest BCUT2D eigenvalue weighted by atomic mass is 32.2. The minimum absolute atomic E-state index is 0.223. The molecule has 0 unspecified atom stereocenters. The van der Waals surface area contributed by atoms with E-state index in [0.717, 1.165) is 0 Å². The van der Waals surface area contributed by atoms with E-state index in [1.165, 1.54) is 36.0 Å². The number of quaternary nitrogens is 1. The SMILES string of the molecule is Nc1ccc(C(=O)NCCNC(=O)c2ccc([NH2+]/N=C/c3ccccc3S(=O)(=O)O)nc2)cc1. The number of carbonyl (C=O) groups is 2. The molecule has 0 bridgehead atoms. The summed E-state index contributed by atoms with van der Waals surface area (Å²) in [5.74, 6) is -0.185. The van der Waals surface area contributed by atoms with Crippen molar-refractivity contribution in [1.29, 1.82) is 0 Å². The predicted octanol–water partition coefficient (Wildman–Crippen LogP) is 0.299. The molecule has 0 saturated carbocycles. The van der Waals surface area contributed by atoms with E-state index >= 15 is 0 Å². The maximum Gasteiger partial charge on any atom is 0.295 e. The molecule has 0 saturated heterocycles. The third-order valence-corrected chi connectivity index (χ3v) is 5.46. The van der Waals surface area contributed by atoms with E-state index < -0.39 is 10.1 Å². The molecule has 0 aliphatic rings. The topological polar surface area (TPSA) is 180 Å². The normalized spacial score (nSPS) is 11.3. The number of anilines is 1. The van der Waals surface area contributed by atoms with Crippen molar-refractivity contribution >= 4 is 39.7 Å². The van der Waals surface area contributed by atoms with Crippen molar-refractivity contribution in [3.05, 3.63) is 83.6 Å². The van der Waals surface area contributed by atoms with Crippen molar-refractivity contribution in [1.82, 2.24) is 15.6 Å². The van der Waals surface area contributed by atoms with Crippen molar-refractivity contribution in [2.24, 2.45) is 5.10 Å². The van der Waals surface area contributed by atoms with Gasteiger partial charge in [-0.3, -0.25) is 14.1 Å². The number of aromatic nitrogens is 1. The number of carbonyl (C=O) groups excluding carboxylic acids is 2. The van der Waals surface area contributed by atoms with Gasteiger partial charge in [-0.1, -0.05) is 23.3 Å². The molecule has 0 radical (unpaired) electrons. The number of nitrogens with zero attached hydrogens (tertiary/aromatic N) is 2. The van der Waals surface area contributed by atoms with E-state index in [9.17, 15) is 22.6 Å². The molecule has 7 N–H and O–H groups in total. The molecule has 0 aliphatic carbocycles. The number of nitrogen functional groups attached to an aromatic ring is 1. The van der Waals surface area contributed by atoms with E-state index in [0.29, 0.717) is 22.6 Å². The minimum Gasteiger partial charge on any atom is -0.399 e. The Morgan fingerprint density at radius 3 is 2.21 bits per heavy atom. The Morgan fingerprint density at radius 1 is 0.971 bits per heavy atom. The number of hydrogen-bond acceptors (Lipinski definition) is 7. The van der Waals surface area contributed by atoms with Crippen LogP contribution in [0.2, 0.25) is 0 Å². The summed E-state index contributed by atoms with van der Waals surface area (Å²) in [7, 11) is -4.37. The molecule has 3 rings (SSSR count). The number of hydrogen-bond donors (Lipinski definition) is 5. The van der Waals surface area contributed by atoms with E-state index in [2.05, 4.69) is 20.7 Å². The highest BCUT2D eigenvalue weighted by Crippen LogP contribution is 2.12. The number of rotatable bonds is 9. The number of nitrogens with one attached hydrogen (secondary N) is 2. The van der Waals surface area contributed by atoms with Gasteiger partial charge in [0.1, 0.15) is 4.90 Å². The summed E-state index contributed by atoms with van der Waals surface area (Å²) < 4.78 is 32.1. The first kappa shape index (κ1) is 24.5. The van der Waals surface area contributed by atoms with E-state index in [1.54, 1.807) is 42.5 Å². The third-order valence-electron chi connectivity index (χ3n) is 4.53. The summed E-state index contributed by atoms with van der Waals surface area (Å²) in [6.45, 7) is 0.471. The van der Waals surface area contributed by atoms with Gasteiger partial charge in [0, 0.05) is 42.2 Å². The zero-order chi connectivity index (χ0) is 24.6. The molecule has 34 heavy (non-hydrogen) atoms. The first-order valence-electron chi connectivity index (χ1n) is 10.0. The lowest BCUT2D eigenvalue weighted by molar-refractivity contribution is -0.580. The lowest BCUT2D eigenvalue weighted by Gasteiger charge is -2.07. The van der Waals surface area contributed by atoms with Gasteiger partial charge in [0.25, 0.3) is 27.8 Å². The molecule has 0 fully saturated rings. The monoisotopic (exact) mass is 483 g/mol. The number of amides is 2. The van der Waals surface area contributed by atoms with Gasteiger partial charge in [0.2, 0.25) is 0 Å². The van der Waals surface area contributed by atoms with Crippen LogP contribution in [0.4, 0.5) is 11.5 Å². The van der Waals surface area contributed by atoms with Crippen LogP contribution in [-0.2, 0) is 10.1 Å². The Kier molecular flexibility index (Phi) is 8.03. The molecule has 12 heteroatoms. The molecule has 11 nitrogen and oxygen atoms in total. The summed E-state index contributed by atoms with van der Waals surface area (Å²) in [4.78, 5) is 28.1. The van der Waals surface area contributed by atoms with E-state index in [4.69, 9.17) is 5.73 Å². The van der Waals surface area contributed by atoms with Crippen LogP contribution < -0.4 is 21.8 Å². The maximum atomic E-state index is 12.2. The van der Waals surface area contributed by atoms with Crippen LogP contribution in [0.5, 0.6) is 0 Å². The second-order valence-electron chi connectivity index (χ2n) is 7.03. The van der Waals surface area contributed by atoms with E-state index in [1.807, 2.05) is 0 Å². The van der Waals surface area contributed by atoms with Gasteiger partial charge in [0.15, 0.2) is 0 Å². The molecule has 2 aromatic carbocycles. The summed E-state index contributed by atoms with van der Waals surface area (Å²) in [6, 6.07) is 15.5. The van der Waals surface area contributed by atoms with Crippen LogP contribution in [0.3, 0.4) is 0 Å². The predicted molar refractivity (Wildman–Crippen MR) is 125 cm³/mol. The average molecular weight is 484 g/mol. The summed E-state index contributed by atoms with van der Waals surface area (Å²) >= 11 is 0. The van der Waals surface area contributed by atoms with Crippen LogP contribution >= 0.6 is 0 Å². The van der Waals surface area contributed by atoms with Crippen LogP contribution in [0.1, 0.15) is 26.3 Å². The fourth-order valence-electron chi connectivity index (χ4n) is 2.82. The van der Waals surface area contributed by atoms with Crippen LogP contribution in [-0.4, -0.2) is 49.1 Å². The first-order chi connectivity index (χ1) is 16.2. The van der Waals surface area contributed by atoms with Crippen LogP contribution in [0.25, 0.3) is 0 Å². The van der Waals surface area contributed by atoms with Gasteiger partial charge in [-0.2, -0.15) is 13.8 Å². The number of nitrogens with two attached hydrogens (primary N) is 2. The number of benzene rings is 2. The zero-order valence-corrected chi connectivity index (χ0v) is 18.7. The molecular formula is C22H23N6O5S+. The Hall–Kier alpha value is -4.13. The van der Waals surface area contributed by atoms with Crippen molar-refractivity contribution in [3.63, 3.8) is 0 Å². The molecule has 1 aromatic heterocycles. The second kappa shape index (κ2) is 11.1. The van der Waals surface area contributed by atoms with Gasteiger partial charge < -0.3 is 16.4 Å². The van der Waals surface area contributed by atoms with Gasteiger partial charge in [-0.15, -0.1) is 0 Å². The van der Waals surface area contributed by atoms with Gasteiger partial charge in [-0.05, 0) is 36.4 Å². The highest BCUT2D eigenvalue weighted by Gasteiger charge is 2.13. The molecule has 1 heterocycles. The molecule has 0 aliphatic heterocycles. The highest BCUT2D eigenvalue weighted by molar-refractivity contribution is 7.86. The lowest BCUT2D eigenvalue weighted by Crippen LogP contribution is -2.71. The minimum atomic E-state index is -4.37. The zero-order valence-electron chi connectivity index (χ0n) is 17.9. The van der Waals surface area contributed by atoms with E-state index in [-0.39, 0.29) is 35.4 Å². The van der Waals surface area contributed by atoms with Crippen molar-refractivity contribution in [2.45, 2.75) is 4.90 Å². The standard InChI is InChI=1S/C22H22N6O5S/c23-18-8-5-15(6-9-18)21(29)24-11-12-25-22(30)17-7-10-20(26-13-17)28-27-14-16-3-1-2-4-19(16)34(31,32)33/h1-10,13-14H,11-12,23H2,(H,24,29)(H,25,30)(H,26,28)(H,31,32,33)/p+1/b27-14+. The second-order valence-corrected chi connectivity index (χ2v) is 8.42. The maximum absolute atomic E-state index is 12.2. The third kappa shape index (κ3) is 6.93. The van der Waals surface area contributed by atoms with Crippen molar-refractivity contribution in [3.8, 4) is 0 Å². The molecule has 2 amide bonds. The summed E-state index contributed by atoms with van der Waals surface area (Å²) in [5, 5.41) is 9.42. The van der Waals surface area contributed by atoms with Gasteiger partial charge >= 0.3 is 0 Å². The quantitative estimate of drug-likeness (QED) is 0.0724. The largest absolute Gasteiger partial charge is 0.399 e. The molecule has 0 atom stereocenters. The smallest absolute Gasteiger partial charge is 0.295 e. The van der Waals surface area contributed by atoms with Crippen LogP contribution in [0.15, 0.2) is 76.9 Å². The number of pyridine rings is 1. The average Bonchev–Trinajstić information content (AvgIpc) is 2.82. The molecule has 0 spiro atoms. The Balaban J connectivity index is 1.47. The van der Waals surface area contributed by atoms with Crippen molar-refractivity contribution < 1.29 is 28.0 Å². The first-order valence-corrected chi connectivity index (χ1v) is 11.5. The van der Waals surface area contributed by atoms with Gasteiger partial charge in [0.05, 0.1) is 11.8 Å². The summed E-state index contributed by atoms with van der Waals surface area (Å²) in [6.07, 6.45) is 2.65. The Morgan fingerprint density at radius 2 is 1.59 bits per heavy atom. The molecular weight excluding hydrogens is 460 g/mol. The van der Waals surface area contributed by atoms with Crippen molar-refractivity contribution in [2.75, 3.05) is 18.8 Å². The molecule has 3 aromatic rings. The Bertz CT molecular complexity index is 1290. The van der Waals surface area contributed by atoms with Crippen LogP contribution in [0, 0.1) is 0 Å². The fourth-order valence-corrected chi connectivity index (χ4v) is 3.49. The molecule has 176 valence electrons. The van der Waals surface area contributed by atoms with Gasteiger partial charge in [-0.25, -0.2) is 4.98 Å². The summed E-state index contributed by atoms with van der Waals surface area (Å²) in [5.41, 5.74) is 8.56. The lowest BCUT2D eigenvalue weighted by atomic mass is 10.2.